The van der Waals surface area contributed by atoms with E-state index in [0.29, 0.717) is 10.8 Å². The monoisotopic (exact) mass is 351 g/mol. The van der Waals surface area contributed by atoms with Crippen molar-refractivity contribution in [2.45, 2.75) is 12.8 Å². The van der Waals surface area contributed by atoms with Crippen molar-refractivity contribution >= 4 is 38.1 Å². The number of benzene rings is 1. The molecule has 1 aromatic heterocycles. The molecule has 122 valence electrons. The zero-order valence-corrected chi connectivity index (χ0v) is 14.4. The van der Waals surface area contributed by atoms with Gasteiger partial charge < -0.3 is 5.32 Å². The molecule has 23 heavy (non-hydrogen) atoms. The molecule has 1 aliphatic rings. The van der Waals surface area contributed by atoms with Gasteiger partial charge in [-0.2, -0.15) is 0 Å². The van der Waals surface area contributed by atoms with Crippen molar-refractivity contribution in [3.8, 4) is 11.3 Å². The number of carbonyl (C=O) groups excluding carboxylic acids is 1. The molecule has 0 aliphatic heterocycles. The molecule has 1 saturated carbocycles. The molecular weight excluding hydrogens is 334 g/mol. The molecule has 1 fully saturated rings. The molecule has 1 amide bonds. The van der Waals surface area contributed by atoms with Crippen LogP contribution in [0.3, 0.4) is 0 Å². The maximum atomic E-state index is 11.7. The molecule has 0 spiro atoms. The van der Waals surface area contributed by atoms with Gasteiger partial charge in [0.15, 0.2) is 5.13 Å². The Morgan fingerprint density at radius 2 is 1.96 bits per heavy atom. The summed E-state index contributed by atoms with van der Waals surface area (Å²) in [4.78, 5) is 16.1. The molecule has 1 heterocycles. The van der Waals surface area contributed by atoms with Gasteiger partial charge >= 0.3 is 0 Å². The topological polar surface area (TPSA) is 79.4 Å². The van der Waals surface area contributed by atoms with Crippen molar-refractivity contribution in [1.82, 2.24) is 4.98 Å². The molecule has 8 heteroatoms. The van der Waals surface area contributed by atoms with E-state index in [2.05, 4.69) is 10.3 Å². The third kappa shape index (κ3) is 3.70. The lowest BCUT2D eigenvalue weighted by Gasteiger charge is -2.16. The number of carbonyl (C=O) groups is 1. The van der Waals surface area contributed by atoms with E-state index in [1.54, 1.807) is 12.1 Å². The number of anilines is 2. The van der Waals surface area contributed by atoms with Crippen molar-refractivity contribution in [1.29, 1.82) is 0 Å². The largest absolute Gasteiger partial charge is 0.302 e. The highest BCUT2D eigenvalue weighted by Crippen LogP contribution is 2.32. The number of amides is 1. The van der Waals surface area contributed by atoms with Gasteiger partial charge in [0.1, 0.15) is 0 Å². The van der Waals surface area contributed by atoms with Gasteiger partial charge in [-0.05, 0) is 25.0 Å². The van der Waals surface area contributed by atoms with Crippen molar-refractivity contribution in [2.24, 2.45) is 5.92 Å². The average molecular weight is 351 g/mol. The third-order valence-electron chi connectivity index (χ3n) is 3.71. The van der Waals surface area contributed by atoms with Gasteiger partial charge in [0.25, 0.3) is 0 Å². The summed E-state index contributed by atoms with van der Waals surface area (Å²) in [7, 11) is -1.76. The Morgan fingerprint density at radius 1 is 1.30 bits per heavy atom. The Kier molecular flexibility index (Phi) is 4.11. The first kappa shape index (κ1) is 15.9. The van der Waals surface area contributed by atoms with Crippen LogP contribution in [0.4, 0.5) is 10.8 Å². The highest BCUT2D eigenvalue weighted by Gasteiger charge is 2.30. The predicted octanol–water partition coefficient (Wildman–Crippen LogP) is 2.55. The second-order valence-electron chi connectivity index (χ2n) is 5.58. The first-order chi connectivity index (χ1) is 10.8. The smallest absolute Gasteiger partial charge is 0.231 e. The zero-order chi connectivity index (χ0) is 16.6. The fourth-order valence-electron chi connectivity index (χ4n) is 2.05. The van der Waals surface area contributed by atoms with Crippen molar-refractivity contribution < 1.29 is 13.2 Å². The van der Waals surface area contributed by atoms with E-state index in [-0.39, 0.29) is 11.8 Å². The number of rotatable bonds is 5. The minimum atomic E-state index is -3.27. The fraction of sp³-hybridized carbons (Fsp3) is 0.333. The van der Waals surface area contributed by atoms with Gasteiger partial charge in [-0.3, -0.25) is 9.10 Å². The number of thiazole rings is 1. The highest BCUT2D eigenvalue weighted by molar-refractivity contribution is 7.92. The van der Waals surface area contributed by atoms with E-state index in [0.717, 1.165) is 30.4 Å². The molecule has 0 atom stereocenters. The van der Waals surface area contributed by atoms with Crippen molar-refractivity contribution in [3.05, 3.63) is 29.6 Å². The summed E-state index contributed by atoms with van der Waals surface area (Å²) in [5.41, 5.74) is 2.22. The average Bonchev–Trinajstić information content (AvgIpc) is 3.26. The number of hydrogen-bond donors (Lipinski definition) is 1. The minimum Gasteiger partial charge on any atom is -0.302 e. The summed E-state index contributed by atoms with van der Waals surface area (Å²) in [5, 5.41) is 5.29. The fourth-order valence-corrected chi connectivity index (χ4v) is 3.28. The molecule has 1 N–H and O–H groups in total. The molecule has 0 saturated heterocycles. The van der Waals surface area contributed by atoms with Crippen LogP contribution in [-0.4, -0.2) is 32.6 Å². The van der Waals surface area contributed by atoms with Crippen LogP contribution in [0.2, 0.25) is 0 Å². The zero-order valence-electron chi connectivity index (χ0n) is 12.8. The molecule has 1 aromatic carbocycles. The van der Waals surface area contributed by atoms with E-state index >= 15 is 0 Å². The van der Waals surface area contributed by atoms with Crippen LogP contribution < -0.4 is 9.62 Å². The summed E-state index contributed by atoms with van der Waals surface area (Å²) >= 11 is 1.38. The van der Waals surface area contributed by atoms with E-state index in [9.17, 15) is 13.2 Å². The first-order valence-corrected chi connectivity index (χ1v) is 9.88. The third-order valence-corrected chi connectivity index (χ3v) is 5.67. The van der Waals surface area contributed by atoms with E-state index in [4.69, 9.17) is 0 Å². The molecular formula is C15H17N3O3S2. The number of sulfonamides is 1. The summed E-state index contributed by atoms with van der Waals surface area (Å²) in [6.07, 6.45) is 3.08. The summed E-state index contributed by atoms with van der Waals surface area (Å²) in [5.74, 6) is 0.184. The van der Waals surface area contributed by atoms with Crippen molar-refractivity contribution in [3.63, 3.8) is 0 Å². The van der Waals surface area contributed by atoms with Crippen LogP contribution in [0.25, 0.3) is 11.3 Å². The lowest BCUT2D eigenvalue weighted by molar-refractivity contribution is -0.117. The van der Waals surface area contributed by atoms with E-state index < -0.39 is 10.0 Å². The SMILES string of the molecule is CN(c1ccc(-c2csc(NC(=O)C3CC3)n2)cc1)S(C)(=O)=O. The Bertz CT molecular complexity index is 824. The van der Waals surface area contributed by atoms with Crippen LogP contribution in [0.5, 0.6) is 0 Å². The summed E-state index contributed by atoms with van der Waals surface area (Å²) < 4.78 is 24.3. The van der Waals surface area contributed by atoms with Crippen LogP contribution in [-0.2, 0) is 14.8 Å². The Balaban J connectivity index is 1.74. The molecule has 6 nitrogen and oxygen atoms in total. The van der Waals surface area contributed by atoms with Gasteiger partial charge in [0, 0.05) is 23.9 Å². The normalized spacial score (nSPS) is 14.5. The number of aromatic nitrogens is 1. The van der Waals surface area contributed by atoms with Gasteiger partial charge in [-0.1, -0.05) is 12.1 Å². The Morgan fingerprint density at radius 3 is 2.52 bits per heavy atom. The maximum Gasteiger partial charge on any atom is 0.231 e. The first-order valence-electron chi connectivity index (χ1n) is 7.15. The predicted molar refractivity (Wildman–Crippen MR) is 92.2 cm³/mol. The molecule has 3 rings (SSSR count). The van der Waals surface area contributed by atoms with E-state index in [1.165, 1.54) is 22.7 Å². The lowest BCUT2D eigenvalue weighted by atomic mass is 10.1. The maximum absolute atomic E-state index is 11.7. The summed E-state index contributed by atoms with van der Waals surface area (Å²) in [6.45, 7) is 0. The number of nitrogens with one attached hydrogen (secondary N) is 1. The Labute approximate surface area is 139 Å². The Hall–Kier alpha value is -1.93. The second-order valence-corrected chi connectivity index (χ2v) is 8.45. The van der Waals surface area contributed by atoms with Gasteiger partial charge in [-0.25, -0.2) is 13.4 Å². The quantitative estimate of drug-likeness (QED) is 0.898. The minimum absolute atomic E-state index is 0.0380. The molecule has 1 aliphatic carbocycles. The van der Waals surface area contributed by atoms with Crippen LogP contribution in [0.1, 0.15) is 12.8 Å². The highest BCUT2D eigenvalue weighted by atomic mass is 32.2. The molecule has 2 aromatic rings. The summed E-state index contributed by atoms with van der Waals surface area (Å²) in [6, 6.07) is 7.10. The standard InChI is InChI=1S/C15H17N3O3S2/c1-18(23(2,20)21)12-7-5-10(6-8-12)13-9-22-15(16-13)17-14(19)11-3-4-11/h5-9,11H,3-4H2,1-2H3,(H,16,17,19). The lowest BCUT2D eigenvalue weighted by Crippen LogP contribution is -2.24. The number of nitrogens with zero attached hydrogens (tertiary/aromatic N) is 2. The molecule has 0 unspecified atom stereocenters. The van der Waals surface area contributed by atoms with Crippen molar-refractivity contribution in [2.75, 3.05) is 22.9 Å². The second kappa shape index (κ2) is 5.93. The van der Waals surface area contributed by atoms with Crippen LogP contribution in [0.15, 0.2) is 29.6 Å². The molecule has 0 bridgehead atoms. The van der Waals surface area contributed by atoms with E-state index in [1.807, 2.05) is 17.5 Å². The van der Waals surface area contributed by atoms with Gasteiger partial charge in [-0.15, -0.1) is 11.3 Å². The van der Waals surface area contributed by atoms with Gasteiger partial charge in [0.05, 0.1) is 17.6 Å². The molecule has 0 radical (unpaired) electrons. The van der Waals surface area contributed by atoms with Crippen LogP contribution >= 0.6 is 11.3 Å². The number of hydrogen-bond acceptors (Lipinski definition) is 5. The van der Waals surface area contributed by atoms with Crippen LogP contribution in [0, 0.1) is 5.92 Å². The van der Waals surface area contributed by atoms with Gasteiger partial charge in [0.2, 0.25) is 15.9 Å².